The van der Waals surface area contributed by atoms with Crippen molar-refractivity contribution < 1.29 is 19.1 Å². The van der Waals surface area contributed by atoms with Gasteiger partial charge in [-0.3, -0.25) is 0 Å². The topological polar surface area (TPSA) is 80.8 Å². The van der Waals surface area contributed by atoms with E-state index in [9.17, 15) is 9.59 Å². The monoisotopic (exact) mass is 405 g/mol. The molecule has 0 saturated heterocycles. The number of para-hydroxylation sites is 2. The van der Waals surface area contributed by atoms with E-state index in [1.165, 1.54) is 18.4 Å². The van der Waals surface area contributed by atoms with Crippen molar-refractivity contribution in [2.75, 3.05) is 25.6 Å². The van der Waals surface area contributed by atoms with Gasteiger partial charge in [-0.25, -0.2) is 14.6 Å². The molecule has 1 aromatic carbocycles. The molecule has 0 aliphatic rings. The maximum absolute atomic E-state index is 12.9. The van der Waals surface area contributed by atoms with Crippen LogP contribution in [0.25, 0.3) is 0 Å². The number of urea groups is 1. The van der Waals surface area contributed by atoms with Gasteiger partial charge in [0, 0.05) is 11.9 Å². The zero-order valence-corrected chi connectivity index (χ0v) is 17.4. The Labute approximate surface area is 169 Å². The van der Waals surface area contributed by atoms with E-state index in [1.807, 2.05) is 31.2 Å². The Hall–Kier alpha value is -2.61. The van der Waals surface area contributed by atoms with Crippen molar-refractivity contribution in [1.29, 1.82) is 0 Å². The third-order valence-corrected chi connectivity index (χ3v) is 4.85. The van der Waals surface area contributed by atoms with Gasteiger partial charge in [-0.2, -0.15) is 0 Å². The Morgan fingerprint density at radius 3 is 2.71 bits per heavy atom. The largest absolute Gasteiger partial charge is 0.492 e. The number of esters is 1. The Balaban J connectivity index is 2.12. The molecule has 2 aromatic rings. The van der Waals surface area contributed by atoms with E-state index in [0.717, 1.165) is 19.3 Å². The number of amides is 2. The molecule has 7 nitrogen and oxygen atoms in total. The summed E-state index contributed by atoms with van der Waals surface area (Å²) in [6, 6.07) is 7.13. The van der Waals surface area contributed by atoms with Crippen molar-refractivity contribution in [3.8, 4) is 5.75 Å². The number of carbonyl (C=O) groups is 2. The Kier molecular flexibility index (Phi) is 8.74. The lowest BCUT2D eigenvalue weighted by Gasteiger charge is -2.23. The number of carbonyl (C=O) groups excluding carboxylic acids is 2. The van der Waals surface area contributed by atoms with Crippen LogP contribution < -0.4 is 10.1 Å². The highest BCUT2D eigenvalue weighted by Gasteiger charge is 2.19. The number of aromatic nitrogens is 1. The van der Waals surface area contributed by atoms with Crippen LogP contribution in [-0.2, 0) is 11.3 Å². The molecule has 8 heteroatoms. The van der Waals surface area contributed by atoms with Crippen LogP contribution >= 0.6 is 11.3 Å². The molecule has 0 aliphatic carbocycles. The van der Waals surface area contributed by atoms with Crippen LogP contribution in [0.5, 0.6) is 5.75 Å². The second-order valence-corrected chi connectivity index (χ2v) is 7.05. The van der Waals surface area contributed by atoms with Crippen LogP contribution in [0.3, 0.4) is 0 Å². The molecule has 0 saturated carbocycles. The second-order valence-electron chi connectivity index (χ2n) is 6.11. The summed E-state index contributed by atoms with van der Waals surface area (Å²) in [5.74, 6) is 0.157. The molecule has 0 atom stereocenters. The Morgan fingerprint density at radius 2 is 2.00 bits per heavy atom. The van der Waals surface area contributed by atoms with Gasteiger partial charge in [0.25, 0.3) is 0 Å². The Bertz CT molecular complexity index is 778. The fourth-order valence-electron chi connectivity index (χ4n) is 2.60. The lowest BCUT2D eigenvalue weighted by molar-refractivity contribution is 0.0594. The summed E-state index contributed by atoms with van der Waals surface area (Å²) >= 11 is 1.34. The van der Waals surface area contributed by atoms with E-state index >= 15 is 0 Å². The molecule has 1 heterocycles. The number of benzene rings is 1. The molecule has 1 aromatic heterocycles. The minimum atomic E-state index is -0.477. The highest BCUT2D eigenvalue weighted by atomic mass is 32.1. The van der Waals surface area contributed by atoms with Gasteiger partial charge >= 0.3 is 12.0 Å². The molecule has 0 radical (unpaired) electrons. The molecule has 2 amide bonds. The number of unbranched alkanes of at least 4 members (excludes halogenated alkanes) is 2. The van der Waals surface area contributed by atoms with Gasteiger partial charge in [0.2, 0.25) is 0 Å². The highest BCUT2D eigenvalue weighted by molar-refractivity contribution is 7.09. The van der Waals surface area contributed by atoms with Crippen LogP contribution in [0.15, 0.2) is 29.6 Å². The predicted molar refractivity (Wildman–Crippen MR) is 110 cm³/mol. The predicted octanol–water partition coefficient (Wildman–Crippen LogP) is 4.55. The number of anilines is 1. The average Bonchev–Trinajstić information content (AvgIpc) is 3.17. The number of methoxy groups -OCH3 is 1. The van der Waals surface area contributed by atoms with Crippen LogP contribution in [0.2, 0.25) is 0 Å². The van der Waals surface area contributed by atoms with E-state index in [1.54, 1.807) is 10.3 Å². The normalized spacial score (nSPS) is 10.4. The van der Waals surface area contributed by atoms with Gasteiger partial charge < -0.3 is 19.7 Å². The first-order chi connectivity index (χ1) is 13.6. The first-order valence-electron chi connectivity index (χ1n) is 9.39. The van der Waals surface area contributed by atoms with Crippen molar-refractivity contribution in [3.05, 3.63) is 40.3 Å². The molecule has 2 rings (SSSR count). The van der Waals surface area contributed by atoms with E-state index in [-0.39, 0.29) is 11.7 Å². The molecular weight excluding hydrogens is 378 g/mol. The molecule has 1 N–H and O–H groups in total. The summed E-state index contributed by atoms with van der Waals surface area (Å²) in [6.07, 6.45) is 2.99. The SMILES string of the molecule is CCCCCN(Cc1nc(C(=O)OC)cs1)C(=O)Nc1ccccc1OCC. The quantitative estimate of drug-likeness (QED) is 0.463. The number of thiazole rings is 1. The summed E-state index contributed by atoms with van der Waals surface area (Å²) in [6.45, 7) is 5.46. The summed E-state index contributed by atoms with van der Waals surface area (Å²) in [4.78, 5) is 30.5. The summed E-state index contributed by atoms with van der Waals surface area (Å²) < 4.78 is 10.3. The summed E-state index contributed by atoms with van der Waals surface area (Å²) in [7, 11) is 1.32. The fraction of sp³-hybridized carbons (Fsp3) is 0.450. The molecule has 0 bridgehead atoms. The van der Waals surface area contributed by atoms with Crippen LogP contribution in [0.1, 0.15) is 48.6 Å². The third kappa shape index (κ3) is 6.23. The third-order valence-electron chi connectivity index (χ3n) is 4.02. The summed E-state index contributed by atoms with van der Waals surface area (Å²) in [5, 5.41) is 5.26. The molecule has 0 fully saturated rings. The number of nitrogens with one attached hydrogen (secondary N) is 1. The van der Waals surface area contributed by atoms with Crippen LogP contribution in [0, 0.1) is 0 Å². The number of ether oxygens (including phenoxy) is 2. The highest BCUT2D eigenvalue weighted by Crippen LogP contribution is 2.24. The number of hydrogen-bond acceptors (Lipinski definition) is 6. The van der Waals surface area contributed by atoms with Crippen molar-refractivity contribution in [3.63, 3.8) is 0 Å². The van der Waals surface area contributed by atoms with E-state index in [2.05, 4.69) is 17.2 Å². The maximum Gasteiger partial charge on any atom is 0.357 e. The molecular formula is C20H27N3O4S. The van der Waals surface area contributed by atoms with Crippen molar-refractivity contribution in [2.24, 2.45) is 0 Å². The minimum absolute atomic E-state index is 0.224. The van der Waals surface area contributed by atoms with Crippen LogP contribution in [0.4, 0.5) is 10.5 Å². The zero-order chi connectivity index (χ0) is 20.4. The minimum Gasteiger partial charge on any atom is -0.492 e. The molecule has 0 unspecified atom stereocenters. The first-order valence-corrected chi connectivity index (χ1v) is 10.3. The standard InChI is InChI=1S/C20H27N3O4S/c1-4-6-9-12-23(13-18-21-16(14-28-18)19(24)26-3)20(25)22-15-10-7-8-11-17(15)27-5-2/h7-8,10-11,14H,4-6,9,12-13H2,1-3H3,(H,22,25). The van der Waals surface area contributed by atoms with Crippen molar-refractivity contribution >= 4 is 29.0 Å². The van der Waals surface area contributed by atoms with Crippen molar-refractivity contribution in [1.82, 2.24) is 9.88 Å². The van der Waals surface area contributed by atoms with Gasteiger partial charge in [-0.05, 0) is 25.5 Å². The summed E-state index contributed by atoms with van der Waals surface area (Å²) in [5.41, 5.74) is 0.891. The zero-order valence-electron chi connectivity index (χ0n) is 16.6. The molecule has 152 valence electrons. The van der Waals surface area contributed by atoms with Crippen molar-refractivity contribution in [2.45, 2.75) is 39.7 Å². The van der Waals surface area contributed by atoms with Gasteiger partial charge in [-0.1, -0.05) is 31.9 Å². The number of hydrogen-bond donors (Lipinski definition) is 1. The molecule has 0 aliphatic heterocycles. The molecule has 28 heavy (non-hydrogen) atoms. The smallest absolute Gasteiger partial charge is 0.357 e. The van der Waals surface area contributed by atoms with E-state index < -0.39 is 5.97 Å². The number of nitrogens with zero attached hydrogens (tertiary/aromatic N) is 2. The lowest BCUT2D eigenvalue weighted by atomic mass is 10.2. The van der Waals surface area contributed by atoms with Gasteiger partial charge in [0.05, 0.1) is 25.9 Å². The van der Waals surface area contributed by atoms with Gasteiger partial charge in [0.1, 0.15) is 10.8 Å². The maximum atomic E-state index is 12.9. The van der Waals surface area contributed by atoms with Crippen LogP contribution in [-0.4, -0.2) is 42.1 Å². The van der Waals surface area contributed by atoms with Gasteiger partial charge in [0.15, 0.2) is 5.69 Å². The number of rotatable bonds is 10. The lowest BCUT2D eigenvalue weighted by Crippen LogP contribution is -2.35. The van der Waals surface area contributed by atoms with E-state index in [0.29, 0.717) is 36.1 Å². The Morgan fingerprint density at radius 1 is 1.21 bits per heavy atom. The van der Waals surface area contributed by atoms with E-state index in [4.69, 9.17) is 9.47 Å². The molecule has 0 spiro atoms. The fourth-order valence-corrected chi connectivity index (χ4v) is 3.37. The average molecular weight is 406 g/mol. The second kappa shape index (κ2) is 11.3. The first kappa shape index (κ1) is 21.7. The van der Waals surface area contributed by atoms with Gasteiger partial charge in [-0.15, -0.1) is 11.3 Å².